The van der Waals surface area contributed by atoms with Crippen LogP contribution in [0.5, 0.6) is 0 Å². The van der Waals surface area contributed by atoms with E-state index in [1.165, 1.54) is 0 Å². The molecule has 0 unspecified atom stereocenters. The van der Waals surface area contributed by atoms with Gasteiger partial charge in [-0.05, 0) is 0 Å². The number of hydrogen-bond donors (Lipinski definition) is 12. The van der Waals surface area contributed by atoms with Crippen molar-refractivity contribution in [1.29, 1.82) is 0 Å². The highest BCUT2D eigenvalue weighted by Crippen LogP contribution is 2.36. The van der Waals surface area contributed by atoms with Gasteiger partial charge < -0.3 is 0 Å². The van der Waals surface area contributed by atoms with Crippen LogP contribution >= 0.6 is 47.4 Å². The molecule has 0 aromatic rings. The molecule has 0 aromatic heterocycles. The van der Waals surface area contributed by atoms with Crippen molar-refractivity contribution >= 4 is 47.4 Å². The molecule has 0 atom stereocenters. The summed E-state index contributed by atoms with van der Waals surface area (Å²) in [6, 6.07) is 0. The number of hydrogen-bond acceptors (Lipinski definition) is 6. The molecule has 0 rings (SSSR count). The first-order valence-electron chi connectivity index (χ1n) is 4.51. The van der Waals surface area contributed by atoms with E-state index in [1.54, 1.807) is 0 Å². The predicted octanol–water partition coefficient (Wildman–Crippen LogP) is 0.292. The maximum atomic E-state index is 10.4. The van der Waals surface area contributed by atoms with Crippen LogP contribution in [0.15, 0.2) is 0 Å². The fourth-order valence-corrected chi connectivity index (χ4v) is 0. The first-order valence-corrected chi connectivity index (χ1v) is 13.5. The van der Waals surface area contributed by atoms with Crippen molar-refractivity contribution in [3.05, 3.63) is 0 Å². The minimum Gasteiger partial charge on any atom is -0.299 e. The quantitative estimate of drug-likeness (QED) is 0.131. The lowest BCUT2D eigenvalue weighted by Gasteiger charge is -1.78. The van der Waals surface area contributed by atoms with Gasteiger partial charge in [-0.1, -0.05) is 0 Å². The molecule has 0 fully saturated rings. The minimum atomic E-state index is -5.14. The molecule has 0 heterocycles. The van der Waals surface area contributed by atoms with Crippen molar-refractivity contribution in [2.75, 3.05) is 0 Å². The first kappa shape index (κ1) is 44.2. The molecule has 30 heteroatoms. The Hall–Kier alpha value is 0.480. The predicted molar refractivity (Wildman–Crippen MR) is 78.9 cm³/mol. The lowest BCUT2D eigenvalue weighted by molar-refractivity contribution is 0.320. The number of halogens is 6. The Balaban J connectivity index is -0.0000000576. The molecule has 0 aliphatic carbocycles. The molecule has 18 nitrogen and oxygen atoms in total. The molecule has 0 bridgehead atoms. The van der Waals surface area contributed by atoms with E-state index in [4.69, 9.17) is 86.1 Å². The summed E-state index contributed by atoms with van der Waals surface area (Å²) in [5.74, 6) is 0. The van der Waals surface area contributed by atoms with Crippen molar-refractivity contribution in [2.24, 2.45) is 0 Å². The van der Waals surface area contributed by atoms with Gasteiger partial charge in [-0.25, -0.2) is 27.4 Å². The van der Waals surface area contributed by atoms with E-state index in [-0.39, 0.29) is 0 Å². The second kappa shape index (κ2) is 18.0. The van der Waals surface area contributed by atoms with Crippen LogP contribution in [0, 0.1) is 0 Å². The molecule has 0 aliphatic rings. The summed E-state index contributed by atoms with van der Waals surface area (Å²) < 4.78 is 114. The summed E-state index contributed by atoms with van der Waals surface area (Å²) in [5, 5.41) is 0. The van der Waals surface area contributed by atoms with Gasteiger partial charge in [0.15, 0.2) is 0 Å². The second-order valence-corrected chi connectivity index (χ2v) is 8.51. The van der Waals surface area contributed by atoms with Crippen molar-refractivity contribution in [1.82, 2.24) is 0 Å². The van der Waals surface area contributed by atoms with Crippen LogP contribution in [0.1, 0.15) is 0 Å². The van der Waals surface area contributed by atoms with Gasteiger partial charge in [0.25, 0.3) is 0 Å². The van der Waals surface area contributed by atoms with Gasteiger partial charge in [0.2, 0.25) is 0 Å². The van der Waals surface area contributed by atoms with Gasteiger partial charge in [-0.15, -0.1) is 25.2 Å². The largest absolute Gasteiger partial charge is 0.507 e. The average Bonchev–Trinajstić information content (AvgIpc) is 1.94. The Kier molecular flexibility index (Phi) is 26.5. The Morgan fingerprint density at radius 3 is 0.267 bits per heavy atom. The highest BCUT2D eigenvalue weighted by atomic mass is 31.2. The normalized spacial score (nSPS) is 11.8. The van der Waals surface area contributed by atoms with Crippen LogP contribution in [0.2, 0.25) is 0 Å². The average molecular weight is 600 g/mol. The Morgan fingerprint density at radius 1 is 0.267 bits per heavy atom. The standard InChI is InChI=1S/6FH2O3P/c6*1-5(2,3)4/h6*(H2,2,3,4). The topological polar surface area (TPSA) is 345 Å². The van der Waals surface area contributed by atoms with E-state index in [0.29, 0.717) is 0 Å². The summed E-state index contributed by atoms with van der Waals surface area (Å²) in [4.78, 5) is 83.6. The minimum absolute atomic E-state index is 5.14. The van der Waals surface area contributed by atoms with Crippen LogP contribution in [-0.4, -0.2) is 58.7 Å². The number of rotatable bonds is 0. The van der Waals surface area contributed by atoms with Gasteiger partial charge in [0.05, 0.1) is 0 Å². The Morgan fingerprint density at radius 2 is 0.267 bits per heavy atom. The highest BCUT2D eigenvalue weighted by Gasteiger charge is 2.06. The molecule has 0 radical (unpaired) electrons. The maximum absolute atomic E-state index is 10.4. The van der Waals surface area contributed by atoms with E-state index < -0.39 is 47.4 Å². The summed E-state index contributed by atoms with van der Waals surface area (Å²) in [7, 11) is -30.8. The molecule has 0 saturated carbocycles. The van der Waals surface area contributed by atoms with E-state index in [0.717, 1.165) is 0 Å². The lowest BCUT2D eigenvalue weighted by atomic mass is 15.8. The zero-order valence-electron chi connectivity index (χ0n) is 12.8. The van der Waals surface area contributed by atoms with E-state index in [2.05, 4.69) is 0 Å². The zero-order chi connectivity index (χ0) is 27.0. The first-order chi connectivity index (χ1) is 12.0. The molecular formula is H12F6O18P6. The van der Waals surface area contributed by atoms with Crippen LogP contribution in [0.3, 0.4) is 0 Å². The zero-order valence-corrected chi connectivity index (χ0v) is 18.1. The molecule has 0 amide bonds. The fourth-order valence-electron chi connectivity index (χ4n) is 0. The smallest absolute Gasteiger partial charge is 0.299 e. The van der Waals surface area contributed by atoms with Crippen LogP contribution < -0.4 is 0 Å². The van der Waals surface area contributed by atoms with Gasteiger partial charge in [-0.3, -0.25) is 58.7 Å². The molecule has 0 saturated heterocycles. The van der Waals surface area contributed by atoms with Crippen LogP contribution in [0.25, 0.3) is 0 Å². The molecule has 0 aromatic carbocycles. The second-order valence-electron chi connectivity index (χ2n) is 2.84. The lowest BCUT2D eigenvalue weighted by Crippen LogP contribution is -1.56. The SMILES string of the molecule is O=P(O)(O)F.O=P(O)(O)F.O=P(O)(O)F.O=P(O)(O)F.O=P(O)(O)F.O=P(O)(O)F. The highest BCUT2D eigenvalue weighted by molar-refractivity contribution is 7.46. The summed E-state index contributed by atoms with van der Waals surface area (Å²) >= 11 is 0. The summed E-state index contributed by atoms with van der Waals surface area (Å²) in [5.41, 5.74) is 0. The van der Waals surface area contributed by atoms with Crippen molar-refractivity contribution in [3.63, 3.8) is 0 Å². The van der Waals surface area contributed by atoms with E-state index >= 15 is 0 Å². The third-order valence-corrected chi connectivity index (χ3v) is 0. The Labute approximate surface area is 159 Å². The van der Waals surface area contributed by atoms with E-state index in [1.807, 2.05) is 0 Å². The van der Waals surface area contributed by atoms with Gasteiger partial charge in [0.1, 0.15) is 0 Å². The maximum Gasteiger partial charge on any atom is 0.507 e. The van der Waals surface area contributed by atoms with Gasteiger partial charge >= 0.3 is 47.4 Å². The molecule has 12 N–H and O–H groups in total. The van der Waals surface area contributed by atoms with Crippen LogP contribution in [-0.2, 0) is 27.4 Å². The third kappa shape index (κ3) is 93300. The Bertz CT molecular complexity index is 473. The monoisotopic (exact) mass is 600 g/mol. The molecule has 0 aliphatic heterocycles. The summed E-state index contributed by atoms with van der Waals surface area (Å²) in [6.45, 7) is 0. The van der Waals surface area contributed by atoms with Crippen LogP contribution in [0.4, 0.5) is 25.2 Å². The van der Waals surface area contributed by atoms with Crippen molar-refractivity contribution < 1.29 is 111 Å². The van der Waals surface area contributed by atoms with Crippen molar-refractivity contribution in [3.8, 4) is 0 Å². The molecular weight excluding hydrogens is 588 g/mol. The molecule has 0 spiro atoms. The summed E-state index contributed by atoms with van der Waals surface area (Å²) in [6.07, 6.45) is 0. The third-order valence-electron chi connectivity index (χ3n) is 0. The van der Waals surface area contributed by atoms with Crippen molar-refractivity contribution in [2.45, 2.75) is 0 Å². The van der Waals surface area contributed by atoms with E-state index in [9.17, 15) is 25.2 Å². The molecule has 30 heavy (non-hydrogen) atoms. The fraction of sp³-hybridized carbons (Fsp3) is 0. The molecule has 192 valence electrons. The van der Waals surface area contributed by atoms with Gasteiger partial charge in [-0.2, -0.15) is 0 Å². The van der Waals surface area contributed by atoms with Gasteiger partial charge in [0, 0.05) is 0 Å².